The normalized spacial score (nSPS) is 11.6. The number of aromatic hydroxyl groups is 1. The molecule has 1 aromatic heterocycles. The lowest BCUT2D eigenvalue weighted by Crippen LogP contribution is -2.44. The van der Waals surface area contributed by atoms with Crippen LogP contribution in [0.25, 0.3) is 22.1 Å². The Morgan fingerprint density at radius 3 is 2.33 bits per heavy atom. The predicted octanol–water partition coefficient (Wildman–Crippen LogP) is 3.37. The molecule has 0 aliphatic heterocycles. The van der Waals surface area contributed by atoms with Gasteiger partial charge in [0.15, 0.2) is 6.61 Å². The quantitative estimate of drug-likeness (QED) is 0.305. The molecule has 0 aliphatic rings. The molecule has 0 spiro atoms. The fourth-order valence-electron chi connectivity index (χ4n) is 3.69. The van der Waals surface area contributed by atoms with Gasteiger partial charge in [-0.25, -0.2) is 9.59 Å². The molecular formula is C27H23NO8. The van der Waals surface area contributed by atoms with E-state index in [-0.39, 0.29) is 23.5 Å². The SMILES string of the molecule is COc1ccc(-c2cc(=O)oc3cc(OCC(=O)N[C@@H](Cc4ccc(O)cc4)C(=O)O)ccc23)cc1. The molecule has 0 saturated carbocycles. The summed E-state index contributed by atoms with van der Waals surface area (Å²) in [7, 11) is 1.57. The highest BCUT2D eigenvalue weighted by atomic mass is 16.5. The Bertz CT molecular complexity index is 1440. The summed E-state index contributed by atoms with van der Waals surface area (Å²) in [5.74, 6) is -0.804. The molecule has 1 amide bonds. The second kappa shape index (κ2) is 10.6. The van der Waals surface area contributed by atoms with Gasteiger partial charge in [0, 0.05) is 23.9 Å². The van der Waals surface area contributed by atoms with Crippen LogP contribution < -0.4 is 20.4 Å². The first-order valence-electron chi connectivity index (χ1n) is 11.0. The van der Waals surface area contributed by atoms with Gasteiger partial charge in [0.2, 0.25) is 0 Å². The maximum Gasteiger partial charge on any atom is 0.336 e. The molecule has 4 aromatic rings. The average Bonchev–Trinajstić information content (AvgIpc) is 2.87. The summed E-state index contributed by atoms with van der Waals surface area (Å²) in [4.78, 5) is 36.1. The maximum atomic E-state index is 12.4. The number of carbonyl (C=O) groups is 2. The maximum absolute atomic E-state index is 12.4. The Balaban J connectivity index is 1.46. The van der Waals surface area contributed by atoms with Crippen molar-refractivity contribution in [3.05, 3.63) is 88.8 Å². The molecule has 1 heterocycles. The van der Waals surface area contributed by atoms with E-state index in [0.29, 0.717) is 22.3 Å². The minimum absolute atomic E-state index is 0.0383. The van der Waals surface area contributed by atoms with Gasteiger partial charge < -0.3 is 29.4 Å². The molecule has 0 saturated heterocycles. The fourth-order valence-corrected chi connectivity index (χ4v) is 3.69. The van der Waals surface area contributed by atoms with Crippen molar-refractivity contribution >= 4 is 22.8 Å². The van der Waals surface area contributed by atoms with Crippen molar-refractivity contribution in [2.45, 2.75) is 12.5 Å². The van der Waals surface area contributed by atoms with Crippen molar-refractivity contribution in [2.24, 2.45) is 0 Å². The van der Waals surface area contributed by atoms with Gasteiger partial charge >= 0.3 is 11.6 Å². The van der Waals surface area contributed by atoms with Crippen molar-refractivity contribution in [3.63, 3.8) is 0 Å². The molecule has 9 nitrogen and oxygen atoms in total. The number of fused-ring (bicyclic) bond motifs is 1. The Hall–Kier alpha value is -4.79. The number of nitrogens with one attached hydrogen (secondary N) is 1. The third-order valence-electron chi connectivity index (χ3n) is 5.50. The van der Waals surface area contributed by atoms with Crippen molar-refractivity contribution in [1.29, 1.82) is 0 Å². The largest absolute Gasteiger partial charge is 0.508 e. The highest BCUT2D eigenvalue weighted by molar-refractivity contribution is 5.94. The van der Waals surface area contributed by atoms with E-state index in [1.807, 2.05) is 12.1 Å². The number of ether oxygens (including phenoxy) is 2. The summed E-state index contributed by atoms with van der Waals surface area (Å²) in [6.45, 7) is -0.437. The van der Waals surface area contributed by atoms with Gasteiger partial charge in [-0.2, -0.15) is 0 Å². The zero-order valence-corrected chi connectivity index (χ0v) is 19.3. The highest BCUT2D eigenvalue weighted by Gasteiger charge is 2.21. The first-order valence-corrected chi connectivity index (χ1v) is 11.0. The molecule has 0 unspecified atom stereocenters. The van der Waals surface area contributed by atoms with Gasteiger partial charge in [-0.15, -0.1) is 0 Å². The van der Waals surface area contributed by atoms with Gasteiger partial charge in [0.25, 0.3) is 5.91 Å². The van der Waals surface area contributed by atoms with Crippen molar-refractivity contribution < 1.29 is 33.7 Å². The Morgan fingerprint density at radius 2 is 1.67 bits per heavy atom. The molecule has 4 rings (SSSR count). The van der Waals surface area contributed by atoms with Crippen LogP contribution in [0.3, 0.4) is 0 Å². The summed E-state index contributed by atoms with van der Waals surface area (Å²) < 4.78 is 16.0. The van der Waals surface area contributed by atoms with E-state index in [2.05, 4.69) is 5.32 Å². The summed E-state index contributed by atoms with van der Waals surface area (Å²) in [5.41, 5.74) is 1.85. The first-order chi connectivity index (χ1) is 17.3. The van der Waals surface area contributed by atoms with Crippen molar-refractivity contribution in [3.8, 4) is 28.4 Å². The Kier molecular flexibility index (Phi) is 7.20. The molecule has 184 valence electrons. The first kappa shape index (κ1) is 24.3. The number of phenolic OH excluding ortho intramolecular Hbond substituents is 1. The molecule has 36 heavy (non-hydrogen) atoms. The van der Waals surface area contributed by atoms with Gasteiger partial charge in [-0.1, -0.05) is 24.3 Å². The van der Waals surface area contributed by atoms with Gasteiger partial charge in [-0.3, -0.25) is 4.79 Å². The van der Waals surface area contributed by atoms with Crippen LogP contribution in [-0.4, -0.2) is 41.8 Å². The number of carboxylic acid groups (broad SMARTS) is 1. The zero-order chi connectivity index (χ0) is 25.7. The number of methoxy groups -OCH3 is 1. The predicted molar refractivity (Wildman–Crippen MR) is 131 cm³/mol. The molecule has 0 aliphatic carbocycles. The minimum Gasteiger partial charge on any atom is -0.508 e. The summed E-state index contributed by atoms with van der Waals surface area (Å²) in [6.07, 6.45) is 0.0383. The number of amides is 1. The molecule has 9 heteroatoms. The van der Waals surface area contributed by atoms with E-state index in [1.165, 1.54) is 24.3 Å². The number of benzene rings is 3. The van der Waals surface area contributed by atoms with Gasteiger partial charge in [-0.05, 0) is 53.1 Å². The lowest BCUT2D eigenvalue weighted by atomic mass is 10.0. The summed E-state index contributed by atoms with van der Waals surface area (Å²) >= 11 is 0. The van der Waals surface area contributed by atoms with Crippen LogP contribution in [0.2, 0.25) is 0 Å². The van der Waals surface area contributed by atoms with E-state index in [0.717, 1.165) is 5.56 Å². The molecule has 0 bridgehead atoms. The fraction of sp³-hybridized carbons (Fsp3) is 0.148. The molecule has 1 atom stereocenters. The van der Waals surface area contributed by atoms with E-state index >= 15 is 0 Å². The average molecular weight is 489 g/mol. The van der Waals surface area contributed by atoms with Crippen LogP contribution in [0.1, 0.15) is 5.56 Å². The molecule has 3 N–H and O–H groups in total. The van der Waals surface area contributed by atoms with Crippen LogP contribution in [0.15, 0.2) is 82.0 Å². The molecular weight excluding hydrogens is 466 g/mol. The van der Waals surface area contributed by atoms with Crippen LogP contribution in [0.5, 0.6) is 17.2 Å². The van der Waals surface area contributed by atoms with Gasteiger partial charge in [0.05, 0.1) is 7.11 Å². The summed E-state index contributed by atoms with van der Waals surface area (Å²) in [5, 5.41) is 21.9. The van der Waals surface area contributed by atoms with E-state index < -0.39 is 30.2 Å². The zero-order valence-electron chi connectivity index (χ0n) is 19.3. The number of carbonyl (C=O) groups excluding carboxylic acids is 1. The highest BCUT2D eigenvalue weighted by Crippen LogP contribution is 2.30. The molecule has 3 aromatic carbocycles. The minimum atomic E-state index is -1.20. The second-order valence-electron chi connectivity index (χ2n) is 7.98. The van der Waals surface area contributed by atoms with Crippen molar-refractivity contribution in [1.82, 2.24) is 5.32 Å². The van der Waals surface area contributed by atoms with Crippen molar-refractivity contribution in [2.75, 3.05) is 13.7 Å². The molecule has 0 radical (unpaired) electrons. The monoisotopic (exact) mass is 489 g/mol. The Morgan fingerprint density at radius 1 is 0.972 bits per heavy atom. The van der Waals surface area contributed by atoms with Crippen LogP contribution in [0.4, 0.5) is 0 Å². The molecule has 0 fully saturated rings. The van der Waals surface area contributed by atoms with Crippen LogP contribution in [0, 0.1) is 0 Å². The smallest absolute Gasteiger partial charge is 0.336 e. The number of hydrogen-bond donors (Lipinski definition) is 3. The number of aliphatic carboxylic acids is 1. The van der Waals surface area contributed by atoms with Crippen LogP contribution in [-0.2, 0) is 16.0 Å². The lowest BCUT2D eigenvalue weighted by molar-refractivity contribution is -0.142. The van der Waals surface area contributed by atoms with E-state index in [4.69, 9.17) is 13.9 Å². The van der Waals surface area contributed by atoms with Crippen LogP contribution >= 0.6 is 0 Å². The van der Waals surface area contributed by atoms with E-state index in [9.17, 15) is 24.6 Å². The standard InChI is InChI=1S/C27H23NO8/c1-34-19-8-4-17(5-9-19)22-14-26(31)36-24-13-20(10-11-21(22)24)35-15-25(30)28-23(27(32)33)12-16-2-6-18(29)7-3-16/h2-11,13-14,23,29H,12,15H2,1H3,(H,28,30)(H,32,33)/t23-/m0/s1. The second-order valence-corrected chi connectivity index (χ2v) is 7.98. The van der Waals surface area contributed by atoms with Gasteiger partial charge in [0.1, 0.15) is 28.9 Å². The summed E-state index contributed by atoms with van der Waals surface area (Å²) in [6, 6.07) is 18.4. The topological polar surface area (TPSA) is 135 Å². The Labute approximate surface area is 205 Å². The third-order valence-corrected chi connectivity index (χ3v) is 5.50. The third kappa shape index (κ3) is 5.82. The lowest BCUT2D eigenvalue weighted by Gasteiger charge is -2.15. The number of carboxylic acids is 1. The number of rotatable bonds is 9. The number of phenols is 1. The van der Waals surface area contributed by atoms with E-state index in [1.54, 1.807) is 43.5 Å². The number of hydrogen-bond acceptors (Lipinski definition) is 7.